The van der Waals surface area contributed by atoms with Crippen LogP contribution >= 0.6 is 0 Å². The van der Waals surface area contributed by atoms with Gasteiger partial charge in [-0.05, 0) is 29.8 Å². The summed E-state index contributed by atoms with van der Waals surface area (Å²) in [4.78, 5) is 11.2. The van der Waals surface area contributed by atoms with Crippen LogP contribution in [0.1, 0.15) is 10.4 Å². The number of ether oxygens (including phenoxy) is 3. The van der Waals surface area contributed by atoms with E-state index < -0.39 is 0 Å². The van der Waals surface area contributed by atoms with Crippen LogP contribution in [0.5, 0.6) is 11.5 Å². The van der Waals surface area contributed by atoms with Gasteiger partial charge in [0.15, 0.2) is 13.1 Å². The first-order chi connectivity index (χ1) is 9.80. The summed E-state index contributed by atoms with van der Waals surface area (Å²) >= 11 is 0. The van der Waals surface area contributed by atoms with Crippen LogP contribution in [0.2, 0.25) is 0 Å². The van der Waals surface area contributed by atoms with E-state index in [1.165, 1.54) is 0 Å². The van der Waals surface area contributed by atoms with E-state index in [1.807, 2.05) is 30.3 Å². The van der Waals surface area contributed by atoms with Crippen LogP contribution in [0.3, 0.4) is 0 Å². The van der Waals surface area contributed by atoms with E-state index in [0.29, 0.717) is 17.1 Å². The van der Waals surface area contributed by atoms with E-state index in [-0.39, 0.29) is 6.79 Å². The van der Waals surface area contributed by atoms with E-state index in [0.717, 1.165) is 17.4 Å². The van der Waals surface area contributed by atoms with Gasteiger partial charge in [0.05, 0.1) is 7.11 Å². The molecule has 0 aliphatic heterocycles. The molecule has 0 amide bonds. The Kier molecular flexibility index (Phi) is 4.74. The molecule has 0 heterocycles. The standard InChI is InChI=1S/C16H16O4/c1-18-11-20-16-6-4-3-5-14(16)15-9-13(19-2)8-7-12(15)10-17/h3-10H,11H2,1-2H3. The molecule has 0 aromatic heterocycles. The summed E-state index contributed by atoms with van der Waals surface area (Å²) in [5.41, 5.74) is 2.18. The van der Waals surface area contributed by atoms with Gasteiger partial charge >= 0.3 is 0 Å². The van der Waals surface area contributed by atoms with Crippen molar-refractivity contribution in [2.45, 2.75) is 0 Å². The number of para-hydroxylation sites is 1. The van der Waals surface area contributed by atoms with E-state index >= 15 is 0 Å². The Bertz CT molecular complexity index is 593. The van der Waals surface area contributed by atoms with Crippen molar-refractivity contribution in [1.29, 1.82) is 0 Å². The van der Waals surface area contributed by atoms with Crippen LogP contribution < -0.4 is 9.47 Å². The smallest absolute Gasteiger partial charge is 0.188 e. The first-order valence-electron chi connectivity index (χ1n) is 6.14. The molecule has 0 unspecified atom stereocenters. The lowest BCUT2D eigenvalue weighted by Gasteiger charge is -2.13. The minimum atomic E-state index is 0.150. The van der Waals surface area contributed by atoms with Gasteiger partial charge in [-0.1, -0.05) is 18.2 Å². The minimum Gasteiger partial charge on any atom is -0.497 e. The summed E-state index contributed by atoms with van der Waals surface area (Å²) in [5, 5.41) is 0. The van der Waals surface area contributed by atoms with Crippen molar-refractivity contribution in [2.75, 3.05) is 21.0 Å². The van der Waals surface area contributed by atoms with E-state index in [9.17, 15) is 4.79 Å². The molecular formula is C16H16O4. The molecule has 0 spiro atoms. The number of methoxy groups -OCH3 is 2. The third-order valence-corrected chi connectivity index (χ3v) is 2.90. The van der Waals surface area contributed by atoms with Crippen molar-refractivity contribution >= 4 is 6.29 Å². The monoisotopic (exact) mass is 272 g/mol. The predicted octanol–water partition coefficient (Wildman–Crippen LogP) is 3.16. The molecule has 0 N–H and O–H groups in total. The summed E-state index contributed by atoms with van der Waals surface area (Å²) in [6.07, 6.45) is 0.821. The fourth-order valence-corrected chi connectivity index (χ4v) is 1.94. The molecule has 2 rings (SSSR count). The van der Waals surface area contributed by atoms with Gasteiger partial charge in [-0.2, -0.15) is 0 Å². The molecule has 0 aliphatic carbocycles. The third-order valence-electron chi connectivity index (χ3n) is 2.90. The molecule has 2 aromatic carbocycles. The molecule has 0 bridgehead atoms. The quantitative estimate of drug-likeness (QED) is 0.598. The first-order valence-corrected chi connectivity index (χ1v) is 6.14. The average molecular weight is 272 g/mol. The summed E-state index contributed by atoms with van der Waals surface area (Å²) in [6.45, 7) is 0.150. The second kappa shape index (κ2) is 6.73. The van der Waals surface area contributed by atoms with Gasteiger partial charge in [0.2, 0.25) is 0 Å². The third kappa shape index (κ3) is 2.97. The van der Waals surface area contributed by atoms with Crippen molar-refractivity contribution in [3.05, 3.63) is 48.0 Å². The molecule has 4 nitrogen and oxygen atoms in total. The highest BCUT2D eigenvalue weighted by Gasteiger charge is 2.11. The van der Waals surface area contributed by atoms with E-state index in [1.54, 1.807) is 26.4 Å². The van der Waals surface area contributed by atoms with Gasteiger partial charge in [0.1, 0.15) is 11.5 Å². The van der Waals surface area contributed by atoms with Gasteiger partial charge < -0.3 is 14.2 Å². The van der Waals surface area contributed by atoms with Gasteiger partial charge in [0.25, 0.3) is 0 Å². The number of carbonyl (C=O) groups excluding carboxylic acids is 1. The van der Waals surface area contributed by atoms with Gasteiger partial charge in [-0.3, -0.25) is 4.79 Å². The lowest BCUT2D eigenvalue weighted by Crippen LogP contribution is -2.01. The normalized spacial score (nSPS) is 10.1. The maximum absolute atomic E-state index is 11.2. The lowest BCUT2D eigenvalue weighted by molar-refractivity contribution is 0.0515. The van der Waals surface area contributed by atoms with Gasteiger partial charge in [0, 0.05) is 18.2 Å². The summed E-state index contributed by atoms with van der Waals surface area (Å²) in [5.74, 6) is 1.35. The fraction of sp³-hybridized carbons (Fsp3) is 0.188. The van der Waals surface area contributed by atoms with Crippen molar-refractivity contribution in [3.63, 3.8) is 0 Å². The number of benzene rings is 2. The molecular weight excluding hydrogens is 256 g/mol. The average Bonchev–Trinajstić information content (AvgIpc) is 2.52. The molecule has 4 heteroatoms. The fourth-order valence-electron chi connectivity index (χ4n) is 1.94. The lowest BCUT2D eigenvalue weighted by atomic mass is 9.99. The second-order valence-electron chi connectivity index (χ2n) is 4.12. The zero-order valence-corrected chi connectivity index (χ0v) is 11.5. The highest BCUT2D eigenvalue weighted by molar-refractivity contribution is 5.89. The Labute approximate surface area is 117 Å². The number of carbonyl (C=O) groups is 1. The zero-order valence-electron chi connectivity index (χ0n) is 11.5. The Balaban J connectivity index is 2.52. The van der Waals surface area contributed by atoms with Crippen LogP contribution in [-0.2, 0) is 4.74 Å². The SMILES string of the molecule is COCOc1ccccc1-c1cc(OC)ccc1C=O. The minimum absolute atomic E-state index is 0.150. The second-order valence-corrected chi connectivity index (χ2v) is 4.12. The van der Waals surface area contributed by atoms with Crippen LogP contribution in [0.15, 0.2) is 42.5 Å². The predicted molar refractivity (Wildman–Crippen MR) is 76.3 cm³/mol. The molecule has 0 radical (unpaired) electrons. The van der Waals surface area contributed by atoms with Crippen molar-refractivity contribution in [1.82, 2.24) is 0 Å². The van der Waals surface area contributed by atoms with Crippen LogP contribution in [-0.4, -0.2) is 27.3 Å². The summed E-state index contributed by atoms with van der Waals surface area (Å²) in [6, 6.07) is 12.8. The van der Waals surface area contributed by atoms with E-state index in [2.05, 4.69) is 0 Å². The summed E-state index contributed by atoms with van der Waals surface area (Å²) in [7, 11) is 3.15. The summed E-state index contributed by atoms with van der Waals surface area (Å²) < 4.78 is 15.7. The molecule has 0 aliphatic rings. The van der Waals surface area contributed by atoms with Crippen LogP contribution in [0, 0.1) is 0 Å². The molecule has 104 valence electrons. The van der Waals surface area contributed by atoms with Crippen LogP contribution in [0.4, 0.5) is 0 Å². The number of hydrogen-bond donors (Lipinski definition) is 0. The van der Waals surface area contributed by atoms with Crippen molar-refractivity contribution in [2.24, 2.45) is 0 Å². The molecule has 2 aromatic rings. The Morgan fingerprint density at radius 2 is 1.85 bits per heavy atom. The molecule has 0 saturated carbocycles. The Hall–Kier alpha value is -2.33. The first kappa shape index (κ1) is 14.1. The van der Waals surface area contributed by atoms with Gasteiger partial charge in [-0.25, -0.2) is 0 Å². The topological polar surface area (TPSA) is 44.8 Å². The Morgan fingerprint density at radius 1 is 1.05 bits per heavy atom. The Morgan fingerprint density at radius 3 is 2.55 bits per heavy atom. The van der Waals surface area contributed by atoms with E-state index in [4.69, 9.17) is 14.2 Å². The molecule has 0 saturated heterocycles. The number of rotatable bonds is 6. The highest BCUT2D eigenvalue weighted by atomic mass is 16.7. The highest BCUT2D eigenvalue weighted by Crippen LogP contribution is 2.34. The molecule has 0 fully saturated rings. The van der Waals surface area contributed by atoms with Crippen molar-refractivity contribution in [3.8, 4) is 22.6 Å². The zero-order chi connectivity index (χ0) is 14.4. The van der Waals surface area contributed by atoms with Crippen molar-refractivity contribution < 1.29 is 19.0 Å². The largest absolute Gasteiger partial charge is 0.497 e. The van der Waals surface area contributed by atoms with Crippen LogP contribution in [0.25, 0.3) is 11.1 Å². The number of hydrogen-bond acceptors (Lipinski definition) is 4. The maximum Gasteiger partial charge on any atom is 0.188 e. The maximum atomic E-state index is 11.2. The molecule has 20 heavy (non-hydrogen) atoms. The number of aldehydes is 1. The van der Waals surface area contributed by atoms with Gasteiger partial charge in [-0.15, -0.1) is 0 Å². The molecule has 0 atom stereocenters.